The summed E-state index contributed by atoms with van der Waals surface area (Å²) in [5, 5.41) is 5.53. The molecule has 2 amide bonds. The molecule has 0 saturated carbocycles. The molecule has 0 heterocycles. The number of primary amides is 1. The molecule has 0 saturated heterocycles. The Morgan fingerprint density at radius 2 is 2.06 bits per heavy atom. The highest BCUT2D eigenvalue weighted by Crippen LogP contribution is 2.26. The van der Waals surface area contributed by atoms with Crippen molar-refractivity contribution in [3.8, 4) is 0 Å². The summed E-state index contributed by atoms with van der Waals surface area (Å²) < 4.78 is 0. The van der Waals surface area contributed by atoms with Crippen molar-refractivity contribution in [1.29, 1.82) is 0 Å². The molecule has 6 heteroatoms. The molecule has 0 spiro atoms. The number of benzene rings is 1. The van der Waals surface area contributed by atoms with Gasteiger partial charge in [-0.3, -0.25) is 9.59 Å². The van der Waals surface area contributed by atoms with Crippen molar-refractivity contribution in [3.63, 3.8) is 0 Å². The summed E-state index contributed by atoms with van der Waals surface area (Å²) in [6.07, 6.45) is 0. The molecule has 5 nitrogen and oxygen atoms in total. The van der Waals surface area contributed by atoms with Crippen molar-refractivity contribution in [1.82, 2.24) is 5.32 Å². The Balaban J connectivity index is 2.70. The maximum absolute atomic E-state index is 11.4. The van der Waals surface area contributed by atoms with Crippen LogP contribution in [0.1, 0.15) is 0 Å². The number of carbonyl (C=O) groups excluding carboxylic acids is 2. The summed E-state index contributed by atoms with van der Waals surface area (Å²) in [6.45, 7) is 0.245. The monoisotopic (exact) mass is 253 g/mol. The fraction of sp³-hybridized carbons (Fsp3) is 0.273. The zero-order valence-electron chi connectivity index (χ0n) is 9.53. The van der Waals surface area contributed by atoms with E-state index in [4.69, 9.17) is 5.73 Å². The molecule has 92 valence electrons. The van der Waals surface area contributed by atoms with Gasteiger partial charge in [0.2, 0.25) is 11.8 Å². The van der Waals surface area contributed by atoms with Gasteiger partial charge >= 0.3 is 0 Å². The Morgan fingerprint density at radius 1 is 1.35 bits per heavy atom. The molecule has 0 atom stereocenters. The van der Waals surface area contributed by atoms with Gasteiger partial charge in [0.05, 0.1) is 18.0 Å². The van der Waals surface area contributed by atoms with Crippen molar-refractivity contribution in [2.75, 3.05) is 24.7 Å². The smallest absolute Gasteiger partial charge is 0.238 e. The lowest BCUT2D eigenvalue weighted by Gasteiger charge is -2.09. The van der Waals surface area contributed by atoms with Crippen LogP contribution in [0.25, 0.3) is 0 Å². The van der Waals surface area contributed by atoms with Crippen LogP contribution < -0.4 is 16.4 Å². The second-order valence-electron chi connectivity index (χ2n) is 3.33. The Kier molecular flexibility index (Phi) is 5.51. The van der Waals surface area contributed by atoms with Crippen LogP contribution in [0.5, 0.6) is 0 Å². The minimum Gasteiger partial charge on any atom is -0.369 e. The lowest BCUT2D eigenvalue weighted by molar-refractivity contribution is -0.116. The average molecular weight is 253 g/mol. The Bertz CT molecular complexity index is 409. The summed E-state index contributed by atoms with van der Waals surface area (Å²) >= 11 is 1.31. The second kappa shape index (κ2) is 6.93. The van der Waals surface area contributed by atoms with Gasteiger partial charge in [-0.1, -0.05) is 12.1 Å². The Labute approximate surface area is 104 Å². The van der Waals surface area contributed by atoms with E-state index in [0.717, 1.165) is 4.90 Å². The molecule has 4 N–H and O–H groups in total. The maximum Gasteiger partial charge on any atom is 0.238 e. The molecule has 0 radical (unpaired) electrons. The number of carbonyl (C=O) groups is 2. The largest absolute Gasteiger partial charge is 0.369 e. The summed E-state index contributed by atoms with van der Waals surface area (Å²) in [6, 6.07) is 7.29. The fourth-order valence-corrected chi connectivity index (χ4v) is 1.95. The molecule has 0 bridgehead atoms. The quantitative estimate of drug-likeness (QED) is 0.642. The van der Waals surface area contributed by atoms with Crippen molar-refractivity contribution in [2.24, 2.45) is 5.73 Å². The van der Waals surface area contributed by atoms with Gasteiger partial charge in [-0.2, -0.15) is 0 Å². The van der Waals surface area contributed by atoms with Gasteiger partial charge in [-0.15, -0.1) is 11.8 Å². The van der Waals surface area contributed by atoms with Gasteiger partial charge in [0.15, 0.2) is 0 Å². The first-order valence-corrected chi connectivity index (χ1v) is 6.06. The van der Waals surface area contributed by atoms with Gasteiger partial charge in [0, 0.05) is 4.90 Å². The van der Waals surface area contributed by atoms with E-state index in [9.17, 15) is 9.59 Å². The molecule has 0 unspecified atom stereocenters. The lowest BCUT2D eigenvalue weighted by Crippen LogP contribution is -2.25. The molecular weight excluding hydrogens is 238 g/mol. The zero-order valence-corrected chi connectivity index (χ0v) is 10.3. The van der Waals surface area contributed by atoms with E-state index >= 15 is 0 Å². The number of nitrogens with two attached hydrogens (primary N) is 1. The predicted octanol–water partition coefficient (Wildman–Crippen LogP) is 0.422. The second-order valence-corrected chi connectivity index (χ2v) is 4.35. The van der Waals surface area contributed by atoms with Crippen molar-refractivity contribution >= 4 is 29.3 Å². The van der Waals surface area contributed by atoms with Gasteiger partial charge < -0.3 is 16.4 Å². The standard InChI is InChI=1S/C11H15N3O2S/c1-13-6-11(16)14-8-4-2-3-5-9(8)17-7-10(12)15/h2-5,13H,6-7H2,1H3,(H2,12,15)(H,14,16). The normalized spacial score (nSPS) is 9.94. The molecule has 0 aliphatic carbocycles. The van der Waals surface area contributed by atoms with Crippen LogP contribution in [0.4, 0.5) is 5.69 Å². The Hall–Kier alpha value is -1.53. The summed E-state index contributed by atoms with van der Waals surface area (Å²) in [7, 11) is 1.70. The van der Waals surface area contributed by atoms with Crippen LogP contribution in [0, 0.1) is 0 Å². The van der Waals surface area contributed by atoms with E-state index in [0.29, 0.717) is 5.69 Å². The SMILES string of the molecule is CNCC(=O)Nc1ccccc1SCC(N)=O. The van der Waals surface area contributed by atoms with Crippen LogP contribution in [0.15, 0.2) is 29.2 Å². The summed E-state index contributed by atoms with van der Waals surface area (Å²) in [4.78, 5) is 23.0. The maximum atomic E-state index is 11.4. The van der Waals surface area contributed by atoms with Crippen molar-refractivity contribution in [3.05, 3.63) is 24.3 Å². The van der Waals surface area contributed by atoms with Gasteiger partial charge in [0.1, 0.15) is 0 Å². The number of nitrogens with one attached hydrogen (secondary N) is 2. The first-order valence-electron chi connectivity index (χ1n) is 5.08. The molecule has 0 fully saturated rings. The summed E-state index contributed by atoms with van der Waals surface area (Å²) in [5.74, 6) is -0.315. The molecule has 0 aliphatic heterocycles. The third kappa shape index (κ3) is 4.88. The number of para-hydroxylation sites is 1. The van der Waals surface area contributed by atoms with E-state index in [1.807, 2.05) is 18.2 Å². The minimum atomic E-state index is -0.383. The first-order chi connectivity index (χ1) is 8.13. The topological polar surface area (TPSA) is 84.2 Å². The number of rotatable bonds is 6. The van der Waals surface area contributed by atoms with Crippen LogP contribution >= 0.6 is 11.8 Å². The molecule has 1 rings (SSSR count). The van der Waals surface area contributed by atoms with Crippen LogP contribution in [0.3, 0.4) is 0 Å². The van der Waals surface area contributed by atoms with Gasteiger partial charge in [-0.25, -0.2) is 0 Å². The van der Waals surface area contributed by atoms with Crippen LogP contribution in [0.2, 0.25) is 0 Å². The number of hydrogen-bond donors (Lipinski definition) is 3. The molecule has 1 aromatic rings. The third-order valence-corrected chi connectivity index (χ3v) is 2.96. The van der Waals surface area contributed by atoms with E-state index in [1.165, 1.54) is 11.8 Å². The predicted molar refractivity (Wildman–Crippen MR) is 68.9 cm³/mol. The van der Waals surface area contributed by atoms with E-state index < -0.39 is 0 Å². The number of anilines is 1. The van der Waals surface area contributed by atoms with Crippen LogP contribution in [-0.4, -0.2) is 31.2 Å². The summed E-state index contributed by atoms with van der Waals surface area (Å²) in [5.41, 5.74) is 5.78. The molecule has 17 heavy (non-hydrogen) atoms. The number of amides is 2. The van der Waals surface area contributed by atoms with E-state index in [1.54, 1.807) is 13.1 Å². The van der Waals surface area contributed by atoms with Crippen molar-refractivity contribution < 1.29 is 9.59 Å². The number of hydrogen-bond acceptors (Lipinski definition) is 4. The highest BCUT2D eigenvalue weighted by Gasteiger charge is 2.07. The van der Waals surface area contributed by atoms with E-state index in [-0.39, 0.29) is 24.1 Å². The highest BCUT2D eigenvalue weighted by molar-refractivity contribution is 8.00. The van der Waals surface area contributed by atoms with E-state index in [2.05, 4.69) is 10.6 Å². The minimum absolute atomic E-state index is 0.125. The highest BCUT2D eigenvalue weighted by atomic mass is 32.2. The third-order valence-electron chi connectivity index (χ3n) is 1.87. The number of thioether (sulfide) groups is 1. The Morgan fingerprint density at radius 3 is 2.71 bits per heavy atom. The lowest BCUT2D eigenvalue weighted by atomic mass is 10.3. The van der Waals surface area contributed by atoms with Gasteiger partial charge in [0.25, 0.3) is 0 Å². The zero-order chi connectivity index (χ0) is 12.7. The molecular formula is C11H15N3O2S. The first kappa shape index (κ1) is 13.5. The average Bonchev–Trinajstić information content (AvgIpc) is 2.28. The van der Waals surface area contributed by atoms with Gasteiger partial charge in [-0.05, 0) is 19.2 Å². The molecule has 1 aromatic carbocycles. The molecule has 0 aliphatic rings. The fourth-order valence-electron chi connectivity index (χ4n) is 1.20. The van der Waals surface area contributed by atoms with Crippen molar-refractivity contribution in [2.45, 2.75) is 4.90 Å². The van der Waals surface area contributed by atoms with Crippen LogP contribution in [-0.2, 0) is 9.59 Å². The number of likely N-dealkylation sites (N-methyl/N-ethyl adjacent to an activating group) is 1. The molecule has 0 aromatic heterocycles.